The molecule has 3 rings (SSSR count). The van der Waals surface area contributed by atoms with Crippen molar-refractivity contribution in [2.24, 2.45) is 7.05 Å². The number of carbonyl (C=O) groups is 2. The second kappa shape index (κ2) is 6.16. The van der Waals surface area contributed by atoms with E-state index in [4.69, 9.17) is 9.47 Å². The average molecular weight is 332 g/mol. The molecule has 0 saturated carbocycles. The number of fused-ring (bicyclic) bond motifs is 1. The van der Waals surface area contributed by atoms with Gasteiger partial charge in [0.15, 0.2) is 5.78 Å². The molecular formula is C17H17FN2O4. The van der Waals surface area contributed by atoms with Gasteiger partial charge in [-0.05, 0) is 18.1 Å². The van der Waals surface area contributed by atoms with E-state index in [1.807, 2.05) is 0 Å². The number of rotatable bonds is 4. The molecule has 1 aliphatic rings. The van der Waals surface area contributed by atoms with Crippen LogP contribution < -0.4 is 4.74 Å². The van der Waals surface area contributed by atoms with E-state index in [-0.39, 0.29) is 41.6 Å². The molecule has 0 amide bonds. The van der Waals surface area contributed by atoms with Crippen LogP contribution in [0.25, 0.3) is 0 Å². The van der Waals surface area contributed by atoms with E-state index in [1.165, 1.54) is 30.1 Å². The number of hydrogen-bond donors (Lipinski definition) is 0. The van der Waals surface area contributed by atoms with Crippen LogP contribution in [0.4, 0.5) is 4.39 Å². The standard InChI is InChI=1S/C17H17FN2O4/c1-9-6-13(21)16-14(5-4-11(18)15(9)16)24-17(22)10-7-20(2)19-12(10)8-23-3/h4-5,7,9H,6,8H2,1-3H3. The Hall–Kier alpha value is -2.54. The number of ketones is 1. The number of methoxy groups -OCH3 is 1. The van der Waals surface area contributed by atoms with Crippen LogP contribution in [-0.2, 0) is 18.4 Å². The van der Waals surface area contributed by atoms with E-state index >= 15 is 0 Å². The second-order valence-corrected chi connectivity index (χ2v) is 5.85. The first-order chi connectivity index (χ1) is 11.4. The third kappa shape index (κ3) is 2.71. The van der Waals surface area contributed by atoms with E-state index in [0.29, 0.717) is 11.3 Å². The molecule has 0 N–H and O–H groups in total. The molecule has 0 spiro atoms. The molecule has 0 saturated heterocycles. The lowest BCUT2D eigenvalue weighted by atomic mass is 10.0. The van der Waals surface area contributed by atoms with Crippen molar-refractivity contribution >= 4 is 11.8 Å². The molecule has 1 atom stereocenters. The fourth-order valence-electron chi connectivity index (χ4n) is 3.01. The largest absolute Gasteiger partial charge is 0.422 e. The molecule has 1 aromatic carbocycles. The summed E-state index contributed by atoms with van der Waals surface area (Å²) in [6.07, 6.45) is 1.73. The molecule has 7 heteroatoms. The van der Waals surface area contributed by atoms with E-state index in [2.05, 4.69) is 5.10 Å². The third-order valence-corrected chi connectivity index (χ3v) is 4.03. The van der Waals surface area contributed by atoms with Crippen molar-refractivity contribution in [2.45, 2.75) is 25.9 Å². The fraction of sp³-hybridized carbons (Fsp3) is 0.353. The maximum absolute atomic E-state index is 14.0. The Morgan fingerprint density at radius 2 is 2.21 bits per heavy atom. The number of aromatic nitrogens is 2. The van der Waals surface area contributed by atoms with Gasteiger partial charge in [0.05, 0.1) is 12.2 Å². The van der Waals surface area contributed by atoms with E-state index in [0.717, 1.165) is 0 Å². The highest BCUT2D eigenvalue weighted by atomic mass is 19.1. The predicted molar refractivity (Wildman–Crippen MR) is 82.6 cm³/mol. The SMILES string of the molecule is COCc1nn(C)cc1C(=O)Oc1ccc(F)c2c1C(=O)CC2C. The lowest BCUT2D eigenvalue weighted by Crippen LogP contribution is -2.13. The Balaban J connectivity index is 1.96. The topological polar surface area (TPSA) is 70.4 Å². The lowest BCUT2D eigenvalue weighted by Gasteiger charge is -2.10. The predicted octanol–water partition coefficient (Wildman–Crippen LogP) is 2.61. The Labute approximate surface area is 138 Å². The van der Waals surface area contributed by atoms with Crippen molar-refractivity contribution in [3.8, 4) is 5.75 Å². The van der Waals surface area contributed by atoms with Crippen molar-refractivity contribution in [2.75, 3.05) is 7.11 Å². The quantitative estimate of drug-likeness (QED) is 0.636. The second-order valence-electron chi connectivity index (χ2n) is 5.85. The smallest absolute Gasteiger partial charge is 0.347 e. The van der Waals surface area contributed by atoms with Crippen molar-refractivity contribution < 1.29 is 23.5 Å². The van der Waals surface area contributed by atoms with Crippen LogP contribution in [0.5, 0.6) is 5.75 Å². The van der Waals surface area contributed by atoms with Gasteiger partial charge >= 0.3 is 5.97 Å². The van der Waals surface area contributed by atoms with Crippen LogP contribution in [-0.4, -0.2) is 28.6 Å². The summed E-state index contributed by atoms with van der Waals surface area (Å²) in [5.74, 6) is -1.48. The monoisotopic (exact) mass is 332 g/mol. The summed E-state index contributed by atoms with van der Waals surface area (Å²) in [7, 11) is 3.17. The summed E-state index contributed by atoms with van der Waals surface area (Å²) in [4.78, 5) is 24.6. The van der Waals surface area contributed by atoms with E-state index < -0.39 is 11.8 Å². The highest BCUT2D eigenvalue weighted by Gasteiger charge is 2.33. The van der Waals surface area contributed by atoms with Crippen molar-refractivity contribution in [3.05, 3.63) is 46.5 Å². The van der Waals surface area contributed by atoms with Crippen molar-refractivity contribution in [1.29, 1.82) is 0 Å². The summed E-state index contributed by atoms with van der Waals surface area (Å²) in [6, 6.07) is 2.53. The van der Waals surface area contributed by atoms with Gasteiger partial charge in [-0.2, -0.15) is 5.10 Å². The molecule has 6 nitrogen and oxygen atoms in total. The van der Waals surface area contributed by atoms with Gasteiger partial charge in [0.1, 0.15) is 22.8 Å². The maximum atomic E-state index is 14.0. The summed E-state index contributed by atoms with van der Waals surface area (Å²) in [5.41, 5.74) is 1.15. The zero-order chi connectivity index (χ0) is 17.4. The molecule has 2 aromatic rings. The number of nitrogens with zero attached hydrogens (tertiary/aromatic N) is 2. The van der Waals surface area contributed by atoms with E-state index in [9.17, 15) is 14.0 Å². The Morgan fingerprint density at radius 3 is 2.92 bits per heavy atom. The van der Waals surface area contributed by atoms with Crippen LogP contribution >= 0.6 is 0 Å². The summed E-state index contributed by atoms with van der Waals surface area (Å²) < 4.78 is 25.9. The molecule has 0 radical (unpaired) electrons. The summed E-state index contributed by atoms with van der Waals surface area (Å²) in [5, 5.41) is 4.14. The van der Waals surface area contributed by atoms with Gasteiger partial charge < -0.3 is 9.47 Å². The molecule has 1 aromatic heterocycles. The minimum Gasteiger partial charge on any atom is -0.422 e. The molecule has 126 valence electrons. The molecule has 1 unspecified atom stereocenters. The Morgan fingerprint density at radius 1 is 1.46 bits per heavy atom. The number of carbonyl (C=O) groups excluding carboxylic acids is 2. The molecule has 0 bridgehead atoms. The van der Waals surface area contributed by atoms with Crippen LogP contribution in [0, 0.1) is 5.82 Å². The summed E-state index contributed by atoms with van der Waals surface area (Å²) >= 11 is 0. The minimum absolute atomic E-state index is 0.0815. The van der Waals surface area contributed by atoms with Crippen LogP contribution in [0.2, 0.25) is 0 Å². The van der Waals surface area contributed by atoms with Gasteiger partial charge in [-0.15, -0.1) is 0 Å². The molecular weight excluding hydrogens is 315 g/mol. The first kappa shape index (κ1) is 16.3. The molecule has 1 heterocycles. The van der Waals surface area contributed by atoms with Crippen LogP contribution in [0.1, 0.15) is 51.2 Å². The average Bonchev–Trinajstić information content (AvgIpc) is 3.03. The Bertz CT molecular complexity index is 828. The van der Waals surface area contributed by atoms with Gasteiger partial charge in [0.2, 0.25) is 0 Å². The highest BCUT2D eigenvalue weighted by molar-refractivity contribution is 6.05. The zero-order valence-electron chi connectivity index (χ0n) is 13.6. The number of benzene rings is 1. The Kier molecular flexibility index (Phi) is 4.19. The lowest BCUT2D eigenvalue weighted by molar-refractivity contribution is 0.0727. The van der Waals surface area contributed by atoms with Crippen LogP contribution in [0.3, 0.4) is 0 Å². The van der Waals surface area contributed by atoms with Gasteiger partial charge in [0.25, 0.3) is 0 Å². The van der Waals surface area contributed by atoms with Crippen molar-refractivity contribution in [1.82, 2.24) is 9.78 Å². The van der Waals surface area contributed by atoms with E-state index in [1.54, 1.807) is 14.0 Å². The van der Waals surface area contributed by atoms with Crippen molar-refractivity contribution in [3.63, 3.8) is 0 Å². The summed E-state index contributed by atoms with van der Waals surface area (Å²) in [6.45, 7) is 1.93. The number of halogens is 1. The number of Topliss-reactive ketones (excluding diaryl/α,β-unsaturated/α-hetero) is 1. The first-order valence-corrected chi connectivity index (χ1v) is 7.51. The fourth-order valence-corrected chi connectivity index (χ4v) is 3.01. The van der Waals surface area contributed by atoms with Gasteiger partial charge in [-0.1, -0.05) is 6.92 Å². The first-order valence-electron chi connectivity index (χ1n) is 7.51. The minimum atomic E-state index is -0.656. The number of hydrogen-bond acceptors (Lipinski definition) is 5. The number of esters is 1. The molecule has 0 aliphatic heterocycles. The van der Waals surface area contributed by atoms with Gasteiger partial charge in [-0.3, -0.25) is 9.48 Å². The number of ether oxygens (including phenoxy) is 2. The molecule has 0 fully saturated rings. The number of aryl methyl sites for hydroxylation is 1. The molecule has 24 heavy (non-hydrogen) atoms. The third-order valence-electron chi connectivity index (χ3n) is 4.03. The molecule has 1 aliphatic carbocycles. The normalized spacial score (nSPS) is 16.3. The zero-order valence-corrected chi connectivity index (χ0v) is 13.6. The van der Waals surface area contributed by atoms with Gasteiger partial charge in [0, 0.05) is 32.3 Å². The van der Waals surface area contributed by atoms with Gasteiger partial charge in [-0.25, -0.2) is 9.18 Å². The van der Waals surface area contributed by atoms with Crippen LogP contribution in [0.15, 0.2) is 18.3 Å². The maximum Gasteiger partial charge on any atom is 0.347 e. The highest BCUT2D eigenvalue weighted by Crippen LogP contribution is 2.40.